The Labute approximate surface area is 191 Å². The molecule has 4 heterocycles. The lowest BCUT2D eigenvalue weighted by Crippen LogP contribution is -2.37. The molecule has 1 aliphatic heterocycles. The predicted molar refractivity (Wildman–Crippen MR) is 126 cm³/mol. The van der Waals surface area contributed by atoms with E-state index in [0.717, 1.165) is 35.2 Å². The third-order valence-corrected chi connectivity index (χ3v) is 5.37. The lowest BCUT2D eigenvalue weighted by Gasteiger charge is -2.26. The minimum absolute atomic E-state index is 0.288. The van der Waals surface area contributed by atoms with Gasteiger partial charge in [0.25, 0.3) is 0 Å². The van der Waals surface area contributed by atoms with Gasteiger partial charge in [-0.15, -0.1) is 0 Å². The van der Waals surface area contributed by atoms with Gasteiger partial charge in [0.2, 0.25) is 5.95 Å². The number of benzene rings is 1. The fourth-order valence-corrected chi connectivity index (χ4v) is 3.67. The van der Waals surface area contributed by atoms with Gasteiger partial charge in [0.15, 0.2) is 5.82 Å². The first-order valence-corrected chi connectivity index (χ1v) is 11.0. The molecule has 1 fully saturated rings. The van der Waals surface area contributed by atoms with Crippen molar-refractivity contribution in [2.45, 2.75) is 13.0 Å². The number of rotatable bonds is 8. The topological polar surface area (TPSA) is 101 Å². The van der Waals surface area contributed by atoms with E-state index in [1.807, 2.05) is 36.5 Å². The van der Waals surface area contributed by atoms with Gasteiger partial charge in [-0.25, -0.2) is 0 Å². The Balaban J connectivity index is 1.32. The van der Waals surface area contributed by atoms with Crippen LogP contribution >= 0.6 is 0 Å². The molecular formula is C24H25N7O2. The van der Waals surface area contributed by atoms with Gasteiger partial charge in [0, 0.05) is 48.5 Å². The molecule has 0 spiro atoms. The van der Waals surface area contributed by atoms with Gasteiger partial charge in [-0.1, -0.05) is 24.3 Å². The maximum Gasteiger partial charge on any atom is 0.321 e. The van der Waals surface area contributed by atoms with E-state index in [0.29, 0.717) is 44.6 Å². The van der Waals surface area contributed by atoms with Crippen LogP contribution < -0.4 is 9.64 Å². The van der Waals surface area contributed by atoms with Gasteiger partial charge in [0.05, 0.1) is 32.6 Å². The minimum Gasteiger partial charge on any atom is -0.463 e. The van der Waals surface area contributed by atoms with E-state index in [2.05, 4.69) is 46.9 Å². The van der Waals surface area contributed by atoms with E-state index in [-0.39, 0.29) is 6.01 Å². The maximum absolute atomic E-state index is 5.87. The summed E-state index contributed by atoms with van der Waals surface area (Å²) in [7, 11) is 0. The van der Waals surface area contributed by atoms with E-state index < -0.39 is 0 Å². The van der Waals surface area contributed by atoms with Crippen molar-refractivity contribution in [1.82, 2.24) is 24.9 Å². The second-order valence-electron chi connectivity index (χ2n) is 7.62. The van der Waals surface area contributed by atoms with E-state index in [1.165, 1.54) is 0 Å². The van der Waals surface area contributed by atoms with Crippen molar-refractivity contribution >= 4 is 23.1 Å². The smallest absolute Gasteiger partial charge is 0.321 e. The molecule has 3 aromatic heterocycles. The van der Waals surface area contributed by atoms with Crippen molar-refractivity contribution < 1.29 is 9.47 Å². The van der Waals surface area contributed by atoms with Gasteiger partial charge in [-0.3, -0.25) is 9.98 Å². The molecule has 1 aromatic carbocycles. The maximum atomic E-state index is 5.87. The minimum atomic E-state index is 0.288. The zero-order valence-corrected chi connectivity index (χ0v) is 18.2. The lowest BCUT2D eigenvalue weighted by molar-refractivity contribution is 0.122. The highest BCUT2D eigenvalue weighted by molar-refractivity contribution is 5.83. The molecule has 1 saturated heterocycles. The molecule has 0 radical (unpaired) electrons. The summed E-state index contributed by atoms with van der Waals surface area (Å²) in [5, 5.41) is 1.16. The van der Waals surface area contributed by atoms with E-state index >= 15 is 0 Å². The molecule has 1 N–H and O–H groups in total. The van der Waals surface area contributed by atoms with Crippen molar-refractivity contribution in [3.05, 3.63) is 71.9 Å². The summed E-state index contributed by atoms with van der Waals surface area (Å²) in [6.07, 6.45) is 6.11. The fourth-order valence-electron chi connectivity index (χ4n) is 3.67. The number of anilines is 1. The number of hydrogen-bond acceptors (Lipinski definition) is 8. The fraction of sp³-hybridized carbons (Fsp3) is 0.292. The SMILES string of the molecule is C(=NCc1c[nH]c2ccccc12)c1nc(OCCc2ccccn2)nc(N2CCOCC2)n1. The van der Waals surface area contributed by atoms with Crippen molar-refractivity contribution in [3.8, 4) is 6.01 Å². The second kappa shape index (κ2) is 10.2. The number of aromatic amines is 1. The quantitative estimate of drug-likeness (QED) is 0.418. The number of nitrogens with one attached hydrogen (secondary N) is 1. The summed E-state index contributed by atoms with van der Waals surface area (Å²) in [6.45, 7) is 3.69. The third kappa shape index (κ3) is 5.32. The molecule has 168 valence electrons. The molecule has 0 bridgehead atoms. The van der Waals surface area contributed by atoms with Crippen molar-refractivity contribution in [2.24, 2.45) is 4.99 Å². The Morgan fingerprint density at radius 3 is 2.82 bits per heavy atom. The Morgan fingerprint density at radius 1 is 1.06 bits per heavy atom. The predicted octanol–water partition coefficient (Wildman–Crippen LogP) is 2.83. The first-order valence-electron chi connectivity index (χ1n) is 11.0. The van der Waals surface area contributed by atoms with Crippen molar-refractivity contribution in [3.63, 3.8) is 0 Å². The molecular weight excluding hydrogens is 418 g/mol. The van der Waals surface area contributed by atoms with Gasteiger partial charge in [-0.2, -0.15) is 15.0 Å². The molecule has 4 aromatic rings. The summed E-state index contributed by atoms with van der Waals surface area (Å²) >= 11 is 0. The van der Waals surface area contributed by atoms with Gasteiger partial charge in [-0.05, 0) is 23.8 Å². The summed E-state index contributed by atoms with van der Waals surface area (Å²) in [5.74, 6) is 1.05. The van der Waals surface area contributed by atoms with Gasteiger partial charge < -0.3 is 19.4 Å². The molecule has 9 heteroatoms. The largest absolute Gasteiger partial charge is 0.463 e. The van der Waals surface area contributed by atoms with Crippen molar-refractivity contribution in [2.75, 3.05) is 37.8 Å². The molecule has 1 aliphatic rings. The number of para-hydroxylation sites is 1. The molecule has 0 saturated carbocycles. The Bertz CT molecular complexity index is 1220. The molecule has 0 amide bonds. The van der Waals surface area contributed by atoms with E-state index in [9.17, 15) is 0 Å². The number of pyridine rings is 1. The molecule has 0 unspecified atom stereocenters. The van der Waals surface area contributed by atoms with Crippen LogP contribution in [-0.2, 0) is 17.7 Å². The number of aromatic nitrogens is 5. The van der Waals surface area contributed by atoms with Crippen LogP contribution in [0.15, 0.2) is 59.9 Å². The van der Waals surface area contributed by atoms with Crippen LogP contribution in [0.3, 0.4) is 0 Å². The zero-order valence-electron chi connectivity index (χ0n) is 18.2. The molecule has 33 heavy (non-hydrogen) atoms. The zero-order chi connectivity index (χ0) is 22.3. The number of H-pyrrole nitrogens is 1. The normalized spacial score (nSPS) is 14.2. The average Bonchev–Trinajstić information content (AvgIpc) is 3.28. The lowest BCUT2D eigenvalue weighted by atomic mass is 10.2. The van der Waals surface area contributed by atoms with Crippen LogP contribution in [0.25, 0.3) is 10.9 Å². The number of ether oxygens (including phenoxy) is 2. The first-order chi connectivity index (χ1) is 16.3. The van der Waals surface area contributed by atoms with Gasteiger partial charge in [0.1, 0.15) is 0 Å². The number of aliphatic imine (C=N–C) groups is 1. The Hall–Kier alpha value is -3.85. The molecule has 0 atom stereocenters. The van der Waals surface area contributed by atoms with Crippen LogP contribution in [0.5, 0.6) is 6.01 Å². The highest BCUT2D eigenvalue weighted by Crippen LogP contribution is 2.18. The van der Waals surface area contributed by atoms with Crippen LogP contribution in [-0.4, -0.2) is 64.0 Å². The second-order valence-corrected chi connectivity index (χ2v) is 7.62. The first kappa shape index (κ1) is 21.0. The number of hydrogen-bond donors (Lipinski definition) is 1. The Kier molecular flexibility index (Phi) is 6.48. The van der Waals surface area contributed by atoms with Crippen LogP contribution in [0, 0.1) is 0 Å². The number of morpholine rings is 1. The summed E-state index contributed by atoms with van der Waals surface area (Å²) in [4.78, 5) is 27.9. The van der Waals surface area contributed by atoms with E-state index in [4.69, 9.17) is 9.47 Å². The number of fused-ring (bicyclic) bond motifs is 1. The van der Waals surface area contributed by atoms with Crippen LogP contribution in [0.2, 0.25) is 0 Å². The Morgan fingerprint density at radius 2 is 1.94 bits per heavy atom. The number of nitrogens with zero attached hydrogens (tertiary/aromatic N) is 6. The monoisotopic (exact) mass is 443 g/mol. The van der Waals surface area contributed by atoms with Crippen molar-refractivity contribution in [1.29, 1.82) is 0 Å². The standard InChI is InChI=1S/C24H25N7O2/c1-2-7-21-20(6-1)18(16-27-21)15-25-17-22-28-23(31-10-13-32-14-11-31)30-24(29-22)33-12-8-19-5-3-4-9-26-19/h1-7,9,16-17,27H,8,10-15H2. The third-order valence-electron chi connectivity index (χ3n) is 5.37. The molecule has 0 aliphatic carbocycles. The van der Waals surface area contributed by atoms with Crippen LogP contribution in [0.1, 0.15) is 17.1 Å². The van der Waals surface area contributed by atoms with Gasteiger partial charge >= 0.3 is 6.01 Å². The average molecular weight is 444 g/mol. The molecule has 9 nitrogen and oxygen atoms in total. The highest BCUT2D eigenvalue weighted by Gasteiger charge is 2.17. The summed E-state index contributed by atoms with van der Waals surface area (Å²) in [6, 6.07) is 14.3. The van der Waals surface area contributed by atoms with E-state index in [1.54, 1.807) is 12.4 Å². The summed E-state index contributed by atoms with van der Waals surface area (Å²) < 4.78 is 11.3. The highest BCUT2D eigenvalue weighted by atomic mass is 16.5. The van der Waals surface area contributed by atoms with Crippen LogP contribution in [0.4, 0.5) is 5.95 Å². The summed E-state index contributed by atoms with van der Waals surface area (Å²) in [5.41, 5.74) is 3.18. The molecule has 5 rings (SSSR count).